The lowest BCUT2D eigenvalue weighted by atomic mass is 9.85. The van der Waals surface area contributed by atoms with Crippen LogP contribution in [0, 0.1) is 12.8 Å². The average Bonchev–Trinajstić information content (AvgIpc) is 2.38. The molecule has 92 valence electrons. The van der Waals surface area contributed by atoms with Gasteiger partial charge in [-0.15, -0.1) is 0 Å². The van der Waals surface area contributed by atoms with Crippen molar-refractivity contribution in [2.45, 2.75) is 19.3 Å². The molecule has 1 fully saturated rings. The fraction of sp³-hybridized carbons (Fsp3) is 0.500. The Morgan fingerprint density at radius 2 is 2.24 bits per heavy atom. The third-order valence-electron chi connectivity index (χ3n) is 3.40. The third-order valence-corrected chi connectivity index (χ3v) is 3.40. The number of hydrogen-bond acceptors (Lipinski definition) is 3. The van der Waals surface area contributed by atoms with E-state index in [9.17, 15) is 4.79 Å². The predicted octanol–water partition coefficient (Wildman–Crippen LogP) is 1.86. The Morgan fingerprint density at radius 3 is 2.94 bits per heavy atom. The van der Waals surface area contributed by atoms with Crippen molar-refractivity contribution in [3.8, 4) is 0 Å². The SMILES string of the molecule is COC(=O)[C@@H]1CNC[C@@H](c2cccc(C)c2)C1. The normalized spacial score (nSPS) is 24.4. The van der Waals surface area contributed by atoms with Gasteiger partial charge in [-0.3, -0.25) is 4.79 Å². The fourth-order valence-electron chi connectivity index (χ4n) is 2.47. The maximum absolute atomic E-state index is 11.5. The van der Waals surface area contributed by atoms with Crippen LogP contribution in [0.4, 0.5) is 0 Å². The van der Waals surface area contributed by atoms with Crippen molar-refractivity contribution < 1.29 is 9.53 Å². The van der Waals surface area contributed by atoms with Crippen molar-refractivity contribution in [2.24, 2.45) is 5.92 Å². The van der Waals surface area contributed by atoms with Crippen LogP contribution < -0.4 is 5.32 Å². The number of carbonyl (C=O) groups is 1. The molecular weight excluding hydrogens is 214 g/mol. The van der Waals surface area contributed by atoms with E-state index < -0.39 is 0 Å². The zero-order chi connectivity index (χ0) is 12.3. The Morgan fingerprint density at radius 1 is 1.41 bits per heavy atom. The predicted molar refractivity (Wildman–Crippen MR) is 66.9 cm³/mol. The molecule has 0 spiro atoms. The van der Waals surface area contributed by atoms with Crippen molar-refractivity contribution in [1.82, 2.24) is 5.32 Å². The van der Waals surface area contributed by atoms with Crippen molar-refractivity contribution in [2.75, 3.05) is 20.2 Å². The number of ether oxygens (including phenoxy) is 1. The second-order valence-electron chi connectivity index (χ2n) is 4.73. The second kappa shape index (κ2) is 5.32. The number of benzene rings is 1. The average molecular weight is 233 g/mol. The van der Waals surface area contributed by atoms with Gasteiger partial charge in [-0.05, 0) is 24.8 Å². The van der Waals surface area contributed by atoms with E-state index in [1.165, 1.54) is 18.2 Å². The van der Waals surface area contributed by atoms with E-state index >= 15 is 0 Å². The molecule has 1 N–H and O–H groups in total. The van der Waals surface area contributed by atoms with Gasteiger partial charge in [0.2, 0.25) is 0 Å². The summed E-state index contributed by atoms with van der Waals surface area (Å²) >= 11 is 0. The number of esters is 1. The highest BCUT2D eigenvalue weighted by Crippen LogP contribution is 2.27. The molecule has 0 aliphatic carbocycles. The van der Waals surface area contributed by atoms with E-state index in [0.717, 1.165) is 19.5 Å². The van der Waals surface area contributed by atoms with Crippen LogP contribution in [0.2, 0.25) is 0 Å². The number of rotatable bonds is 2. The zero-order valence-corrected chi connectivity index (χ0v) is 10.4. The first-order chi connectivity index (χ1) is 8.20. The van der Waals surface area contributed by atoms with Crippen LogP contribution in [0.5, 0.6) is 0 Å². The summed E-state index contributed by atoms with van der Waals surface area (Å²) in [5.41, 5.74) is 2.58. The first kappa shape index (κ1) is 12.1. The van der Waals surface area contributed by atoms with Crippen LogP contribution in [0.25, 0.3) is 0 Å². The largest absolute Gasteiger partial charge is 0.469 e. The molecule has 0 unspecified atom stereocenters. The maximum Gasteiger partial charge on any atom is 0.309 e. The van der Waals surface area contributed by atoms with Crippen LogP contribution in [0.15, 0.2) is 24.3 Å². The van der Waals surface area contributed by atoms with Crippen molar-refractivity contribution in [1.29, 1.82) is 0 Å². The van der Waals surface area contributed by atoms with Gasteiger partial charge in [0.15, 0.2) is 0 Å². The summed E-state index contributed by atoms with van der Waals surface area (Å²) in [6.45, 7) is 3.77. The number of methoxy groups -OCH3 is 1. The van der Waals surface area contributed by atoms with Gasteiger partial charge in [-0.1, -0.05) is 29.8 Å². The van der Waals surface area contributed by atoms with Gasteiger partial charge in [0, 0.05) is 13.1 Å². The second-order valence-corrected chi connectivity index (χ2v) is 4.73. The molecule has 0 saturated carbocycles. The molecule has 3 heteroatoms. The molecule has 1 saturated heterocycles. The van der Waals surface area contributed by atoms with E-state index in [4.69, 9.17) is 4.74 Å². The molecule has 1 aliphatic rings. The van der Waals surface area contributed by atoms with Gasteiger partial charge in [-0.2, -0.15) is 0 Å². The molecule has 0 aromatic heterocycles. The molecule has 0 radical (unpaired) electrons. The molecule has 3 nitrogen and oxygen atoms in total. The summed E-state index contributed by atoms with van der Waals surface area (Å²) in [6.07, 6.45) is 0.878. The maximum atomic E-state index is 11.5. The van der Waals surface area contributed by atoms with Gasteiger partial charge >= 0.3 is 5.97 Å². The smallest absolute Gasteiger partial charge is 0.309 e. The summed E-state index contributed by atoms with van der Waals surface area (Å²) < 4.78 is 4.82. The lowest BCUT2D eigenvalue weighted by Crippen LogP contribution is -2.39. The summed E-state index contributed by atoms with van der Waals surface area (Å²) in [4.78, 5) is 11.5. The fourth-order valence-corrected chi connectivity index (χ4v) is 2.47. The van der Waals surface area contributed by atoms with Crippen LogP contribution in [0.3, 0.4) is 0 Å². The molecule has 0 bridgehead atoms. The quantitative estimate of drug-likeness (QED) is 0.792. The van der Waals surface area contributed by atoms with Gasteiger partial charge < -0.3 is 10.1 Å². The molecule has 2 atom stereocenters. The highest BCUT2D eigenvalue weighted by atomic mass is 16.5. The molecule has 1 aromatic carbocycles. The van der Waals surface area contributed by atoms with Crippen molar-refractivity contribution in [3.05, 3.63) is 35.4 Å². The first-order valence-electron chi connectivity index (χ1n) is 6.06. The first-order valence-corrected chi connectivity index (χ1v) is 6.06. The van der Waals surface area contributed by atoms with Crippen molar-refractivity contribution in [3.63, 3.8) is 0 Å². The highest BCUT2D eigenvalue weighted by molar-refractivity contribution is 5.72. The Hall–Kier alpha value is -1.35. The lowest BCUT2D eigenvalue weighted by Gasteiger charge is -2.28. The topological polar surface area (TPSA) is 38.3 Å². The van der Waals surface area contributed by atoms with E-state index in [-0.39, 0.29) is 11.9 Å². The van der Waals surface area contributed by atoms with Crippen LogP contribution in [0.1, 0.15) is 23.5 Å². The molecule has 1 aliphatic heterocycles. The monoisotopic (exact) mass is 233 g/mol. The number of piperidine rings is 1. The molecule has 2 rings (SSSR count). The summed E-state index contributed by atoms with van der Waals surface area (Å²) in [7, 11) is 1.46. The van der Waals surface area contributed by atoms with Crippen molar-refractivity contribution >= 4 is 5.97 Å². The molecule has 1 aromatic rings. The minimum atomic E-state index is -0.102. The van der Waals surface area contributed by atoms with Crippen LogP contribution in [-0.2, 0) is 9.53 Å². The zero-order valence-electron chi connectivity index (χ0n) is 10.4. The number of hydrogen-bond donors (Lipinski definition) is 1. The number of nitrogens with one attached hydrogen (secondary N) is 1. The van der Waals surface area contributed by atoms with Gasteiger partial charge in [0.05, 0.1) is 13.0 Å². The minimum Gasteiger partial charge on any atom is -0.469 e. The third kappa shape index (κ3) is 2.86. The molecular formula is C14H19NO2. The van der Waals surface area contributed by atoms with Gasteiger partial charge in [-0.25, -0.2) is 0 Å². The Labute approximate surface area is 102 Å². The Balaban J connectivity index is 2.09. The lowest BCUT2D eigenvalue weighted by molar-refractivity contribution is -0.146. The number of carbonyl (C=O) groups excluding carboxylic acids is 1. The summed E-state index contributed by atoms with van der Waals surface area (Å²) in [5.74, 6) is 0.293. The van der Waals surface area contributed by atoms with E-state index in [1.807, 2.05) is 0 Å². The Kier molecular flexibility index (Phi) is 3.79. The van der Waals surface area contributed by atoms with E-state index in [2.05, 4.69) is 36.5 Å². The van der Waals surface area contributed by atoms with Crippen LogP contribution in [-0.4, -0.2) is 26.2 Å². The van der Waals surface area contributed by atoms with Crippen LogP contribution >= 0.6 is 0 Å². The molecule has 1 heterocycles. The van der Waals surface area contributed by atoms with E-state index in [1.54, 1.807) is 0 Å². The summed E-state index contributed by atoms with van der Waals surface area (Å²) in [5, 5.41) is 3.32. The van der Waals surface area contributed by atoms with Gasteiger partial charge in [0.1, 0.15) is 0 Å². The van der Waals surface area contributed by atoms with Gasteiger partial charge in [0.25, 0.3) is 0 Å². The highest BCUT2D eigenvalue weighted by Gasteiger charge is 2.28. The van der Waals surface area contributed by atoms with E-state index in [0.29, 0.717) is 5.92 Å². The molecule has 17 heavy (non-hydrogen) atoms. The summed E-state index contributed by atoms with van der Waals surface area (Å²) in [6, 6.07) is 8.51. The Bertz CT molecular complexity index is 403. The molecule has 0 amide bonds. The standard InChI is InChI=1S/C14H19NO2/c1-10-4-3-5-11(6-10)12-7-13(9-15-8-12)14(16)17-2/h3-6,12-13,15H,7-9H2,1-2H3/t12-,13-/m0/s1. The minimum absolute atomic E-state index is 0.0146. The number of aryl methyl sites for hydroxylation is 1.